The van der Waals surface area contributed by atoms with Gasteiger partial charge < -0.3 is 10.1 Å². The van der Waals surface area contributed by atoms with Crippen molar-refractivity contribution in [3.8, 4) is 5.69 Å². The Morgan fingerprint density at radius 2 is 2.17 bits per heavy atom. The Balaban J connectivity index is 1.88. The van der Waals surface area contributed by atoms with Gasteiger partial charge in [-0.05, 0) is 12.1 Å². The summed E-state index contributed by atoms with van der Waals surface area (Å²) in [5, 5.41) is 12.0. The van der Waals surface area contributed by atoms with Crippen LogP contribution in [0.5, 0.6) is 0 Å². The molecular formula is C15H15ClN6O2. The zero-order valence-electron chi connectivity index (χ0n) is 13.1. The number of ether oxygens (including phenoxy) is 1. The second-order valence-corrected chi connectivity index (χ2v) is 5.42. The van der Waals surface area contributed by atoms with Crippen LogP contribution in [0.25, 0.3) is 5.69 Å². The Bertz CT molecular complexity index is 855. The van der Waals surface area contributed by atoms with Crippen LogP contribution in [0.3, 0.4) is 0 Å². The van der Waals surface area contributed by atoms with Gasteiger partial charge in [-0.1, -0.05) is 11.6 Å². The molecule has 9 heteroatoms. The van der Waals surface area contributed by atoms with Crippen molar-refractivity contribution < 1.29 is 9.53 Å². The van der Waals surface area contributed by atoms with Crippen molar-refractivity contribution in [2.24, 2.45) is 7.05 Å². The molecule has 8 nitrogen and oxygen atoms in total. The van der Waals surface area contributed by atoms with Gasteiger partial charge in [0.2, 0.25) is 0 Å². The summed E-state index contributed by atoms with van der Waals surface area (Å²) in [6, 6.07) is 3.42. The van der Waals surface area contributed by atoms with Crippen molar-refractivity contribution in [2.75, 3.05) is 12.4 Å². The summed E-state index contributed by atoms with van der Waals surface area (Å²) in [5.74, 6) is -0.501. The van der Waals surface area contributed by atoms with Crippen molar-refractivity contribution in [3.05, 3.63) is 53.3 Å². The molecule has 0 spiro atoms. The van der Waals surface area contributed by atoms with Crippen LogP contribution in [0.15, 0.2) is 36.9 Å². The molecule has 124 valence electrons. The lowest BCUT2D eigenvalue weighted by Gasteiger charge is -2.02. The van der Waals surface area contributed by atoms with Crippen molar-refractivity contribution in [1.82, 2.24) is 24.5 Å². The zero-order chi connectivity index (χ0) is 17.1. The number of hydrogen-bond donors (Lipinski definition) is 1. The van der Waals surface area contributed by atoms with Crippen LogP contribution < -0.4 is 5.32 Å². The Labute approximate surface area is 143 Å². The average Bonchev–Trinajstić information content (AvgIpc) is 3.19. The maximum absolute atomic E-state index is 12.0. The highest BCUT2D eigenvalue weighted by Gasteiger charge is 2.18. The lowest BCUT2D eigenvalue weighted by atomic mass is 10.2. The average molecular weight is 347 g/mol. The maximum atomic E-state index is 12.0. The van der Waals surface area contributed by atoms with E-state index in [1.54, 1.807) is 40.1 Å². The number of rotatable bonds is 5. The number of nitrogens with one attached hydrogen (secondary N) is 1. The van der Waals surface area contributed by atoms with Crippen LogP contribution in [0.1, 0.15) is 16.1 Å². The Morgan fingerprint density at radius 3 is 2.79 bits per heavy atom. The second-order valence-electron chi connectivity index (χ2n) is 5.03. The Kier molecular flexibility index (Phi) is 4.48. The SMILES string of the molecule is COC(=O)c1nn(-c2ccc(Cl)nc2)cc1CNc1cnn(C)c1. The van der Waals surface area contributed by atoms with Crippen LogP contribution in [0, 0.1) is 0 Å². The van der Waals surface area contributed by atoms with E-state index >= 15 is 0 Å². The third-order valence-electron chi connectivity index (χ3n) is 3.33. The minimum atomic E-state index is -0.501. The van der Waals surface area contributed by atoms with Crippen molar-refractivity contribution >= 4 is 23.3 Å². The van der Waals surface area contributed by atoms with Gasteiger partial charge in [0.15, 0.2) is 5.69 Å². The van der Waals surface area contributed by atoms with Gasteiger partial charge in [-0.15, -0.1) is 0 Å². The third kappa shape index (κ3) is 3.38. The number of carbonyl (C=O) groups excluding carboxylic acids is 1. The molecule has 0 aliphatic heterocycles. The quantitative estimate of drug-likeness (QED) is 0.562. The van der Waals surface area contributed by atoms with Crippen molar-refractivity contribution in [1.29, 1.82) is 0 Å². The van der Waals surface area contributed by atoms with Gasteiger partial charge in [0.1, 0.15) is 5.15 Å². The first-order chi connectivity index (χ1) is 11.6. The van der Waals surface area contributed by atoms with Gasteiger partial charge in [-0.3, -0.25) is 4.68 Å². The number of methoxy groups -OCH3 is 1. The van der Waals surface area contributed by atoms with Gasteiger partial charge in [0.25, 0.3) is 0 Å². The number of aryl methyl sites for hydroxylation is 1. The molecule has 1 N–H and O–H groups in total. The summed E-state index contributed by atoms with van der Waals surface area (Å²) < 4.78 is 8.06. The Hall–Kier alpha value is -2.87. The minimum absolute atomic E-state index is 0.240. The molecule has 0 fully saturated rings. The number of nitrogens with zero attached hydrogens (tertiary/aromatic N) is 5. The molecule has 3 aromatic rings. The molecule has 0 atom stereocenters. The molecule has 0 radical (unpaired) electrons. The molecule has 0 aromatic carbocycles. The molecule has 0 aliphatic carbocycles. The molecule has 0 amide bonds. The van der Waals surface area contributed by atoms with E-state index in [0.717, 1.165) is 5.69 Å². The van der Waals surface area contributed by atoms with E-state index in [0.29, 0.717) is 22.9 Å². The van der Waals surface area contributed by atoms with Gasteiger partial charge >= 0.3 is 5.97 Å². The zero-order valence-corrected chi connectivity index (χ0v) is 13.9. The molecule has 0 aliphatic rings. The molecule has 24 heavy (non-hydrogen) atoms. The number of carbonyl (C=O) groups is 1. The molecule has 3 heterocycles. The normalized spacial score (nSPS) is 10.6. The first kappa shape index (κ1) is 16.0. The lowest BCUT2D eigenvalue weighted by Crippen LogP contribution is -2.08. The standard InChI is InChI=1S/C15H15ClN6O2/c1-21-9-11(6-19-21)17-5-10-8-22(20-14(10)15(23)24-2)12-3-4-13(16)18-7-12/h3-4,6-9,17H,5H2,1-2H3. The highest BCUT2D eigenvalue weighted by Crippen LogP contribution is 2.16. The summed E-state index contributed by atoms with van der Waals surface area (Å²) in [6.45, 7) is 0.400. The molecule has 0 bridgehead atoms. The fourth-order valence-electron chi connectivity index (χ4n) is 2.15. The van der Waals surface area contributed by atoms with Gasteiger partial charge in [0.05, 0.1) is 30.9 Å². The smallest absolute Gasteiger partial charge is 0.358 e. The van der Waals surface area contributed by atoms with Gasteiger partial charge in [0, 0.05) is 31.5 Å². The summed E-state index contributed by atoms with van der Waals surface area (Å²) in [4.78, 5) is 16.0. The third-order valence-corrected chi connectivity index (χ3v) is 3.56. The minimum Gasteiger partial charge on any atom is -0.464 e. The first-order valence-corrected chi connectivity index (χ1v) is 7.46. The summed E-state index contributed by atoms with van der Waals surface area (Å²) in [6.07, 6.45) is 6.87. The van der Waals surface area contributed by atoms with Crippen LogP contribution in [-0.2, 0) is 18.3 Å². The number of aromatic nitrogens is 5. The van der Waals surface area contributed by atoms with Gasteiger partial charge in [-0.2, -0.15) is 10.2 Å². The largest absolute Gasteiger partial charge is 0.464 e. The van der Waals surface area contributed by atoms with Crippen LogP contribution in [0.2, 0.25) is 5.15 Å². The first-order valence-electron chi connectivity index (χ1n) is 7.08. The van der Waals surface area contributed by atoms with Crippen LogP contribution in [0.4, 0.5) is 5.69 Å². The fourth-order valence-corrected chi connectivity index (χ4v) is 2.26. The van der Waals surface area contributed by atoms with Crippen molar-refractivity contribution in [2.45, 2.75) is 6.54 Å². The van der Waals surface area contributed by atoms with E-state index in [1.807, 2.05) is 13.2 Å². The van der Waals surface area contributed by atoms with Crippen LogP contribution >= 0.6 is 11.6 Å². The summed E-state index contributed by atoms with van der Waals surface area (Å²) >= 11 is 5.80. The monoisotopic (exact) mass is 346 g/mol. The summed E-state index contributed by atoms with van der Waals surface area (Å²) in [5.41, 5.74) is 2.47. The van der Waals surface area contributed by atoms with E-state index in [-0.39, 0.29) is 5.69 Å². The van der Waals surface area contributed by atoms with E-state index in [1.165, 1.54) is 7.11 Å². The highest BCUT2D eigenvalue weighted by atomic mass is 35.5. The maximum Gasteiger partial charge on any atom is 0.358 e. The molecule has 0 saturated heterocycles. The highest BCUT2D eigenvalue weighted by molar-refractivity contribution is 6.29. The van der Waals surface area contributed by atoms with Gasteiger partial charge in [-0.25, -0.2) is 14.5 Å². The topological polar surface area (TPSA) is 86.9 Å². The molecule has 3 rings (SSSR count). The number of halogens is 1. The fraction of sp³-hybridized carbons (Fsp3) is 0.200. The molecule has 0 saturated carbocycles. The van der Waals surface area contributed by atoms with E-state index in [9.17, 15) is 4.79 Å². The molecular weight excluding hydrogens is 332 g/mol. The predicted octanol–water partition coefficient (Wildman–Crippen LogP) is 2.05. The Morgan fingerprint density at radius 1 is 1.33 bits per heavy atom. The number of hydrogen-bond acceptors (Lipinski definition) is 6. The van der Waals surface area contributed by atoms with E-state index < -0.39 is 5.97 Å². The van der Waals surface area contributed by atoms with Crippen LogP contribution in [-0.4, -0.2) is 37.6 Å². The molecule has 3 aromatic heterocycles. The lowest BCUT2D eigenvalue weighted by molar-refractivity contribution is 0.0592. The van der Waals surface area contributed by atoms with E-state index in [2.05, 4.69) is 20.5 Å². The molecule has 0 unspecified atom stereocenters. The van der Waals surface area contributed by atoms with Crippen molar-refractivity contribution in [3.63, 3.8) is 0 Å². The van der Waals surface area contributed by atoms with E-state index in [4.69, 9.17) is 16.3 Å². The number of esters is 1. The number of anilines is 1. The predicted molar refractivity (Wildman–Crippen MR) is 88.2 cm³/mol. The second kappa shape index (κ2) is 6.71. The number of pyridine rings is 1. The summed E-state index contributed by atoms with van der Waals surface area (Å²) in [7, 11) is 3.15.